The van der Waals surface area contributed by atoms with Crippen molar-refractivity contribution in [1.82, 2.24) is 10.1 Å². The minimum absolute atomic E-state index is 0.0347. The highest BCUT2D eigenvalue weighted by Gasteiger charge is 2.29. The minimum Gasteiger partial charge on any atom is -0.365 e. The summed E-state index contributed by atoms with van der Waals surface area (Å²) in [4.78, 5) is 17.5. The maximum Gasteiger partial charge on any atom is 0.293 e. The van der Waals surface area contributed by atoms with Crippen LogP contribution in [0.5, 0.6) is 0 Å². The predicted octanol–water partition coefficient (Wildman–Crippen LogP) is 4.55. The van der Waals surface area contributed by atoms with Crippen molar-refractivity contribution < 1.29 is 9.45 Å². The van der Waals surface area contributed by atoms with Gasteiger partial charge in [0.25, 0.3) is 5.69 Å². The van der Waals surface area contributed by atoms with E-state index in [1.54, 1.807) is 24.3 Å². The number of hydrogen-bond donors (Lipinski definition) is 0. The number of piperidine rings is 1. The number of nitriles is 1. The van der Waals surface area contributed by atoms with Crippen molar-refractivity contribution in [3.8, 4) is 17.5 Å². The molecule has 0 spiro atoms. The largest absolute Gasteiger partial charge is 0.365 e. The maximum absolute atomic E-state index is 11.5. The van der Waals surface area contributed by atoms with E-state index >= 15 is 0 Å². The van der Waals surface area contributed by atoms with Gasteiger partial charge in [0.2, 0.25) is 11.7 Å². The molecule has 1 aromatic heterocycles. The van der Waals surface area contributed by atoms with E-state index in [-0.39, 0.29) is 17.2 Å². The first-order valence-corrected chi connectivity index (χ1v) is 9.46. The van der Waals surface area contributed by atoms with E-state index in [2.05, 4.69) is 10.1 Å². The second-order valence-electron chi connectivity index (χ2n) is 6.82. The molecule has 1 saturated heterocycles. The van der Waals surface area contributed by atoms with Gasteiger partial charge in [0.15, 0.2) is 0 Å². The van der Waals surface area contributed by atoms with Gasteiger partial charge in [-0.25, -0.2) is 0 Å². The van der Waals surface area contributed by atoms with E-state index in [0.717, 1.165) is 18.4 Å². The highest BCUT2D eigenvalue weighted by Crippen LogP contribution is 2.35. The molecule has 0 radical (unpaired) electrons. The minimum atomic E-state index is -0.453. The first kappa shape index (κ1) is 18.9. The van der Waals surface area contributed by atoms with E-state index < -0.39 is 4.92 Å². The van der Waals surface area contributed by atoms with Crippen LogP contribution < -0.4 is 4.90 Å². The lowest BCUT2D eigenvalue weighted by Gasteiger charge is -2.32. The SMILES string of the molecule is N#Cc1ccc(N2CCCC(c3nc(-c4ccc(Cl)cc4)no3)C2)c([N+](=O)[O-])c1. The molecule has 9 heteroatoms. The van der Waals surface area contributed by atoms with Gasteiger partial charge in [-0.1, -0.05) is 16.8 Å². The van der Waals surface area contributed by atoms with Gasteiger partial charge >= 0.3 is 0 Å². The van der Waals surface area contributed by atoms with Crippen LogP contribution in [-0.2, 0) is 0 Å². The Bertz CT molecular complexity index is 1090. The van der Waals surface area contributed by atoms with Crippen LogP contribution in [0, 0.1) is 21.4 Å². The fraction of sp³-hybridized carbons (Fsp3) is 0.250. The fourth-order valence-electron chi connectivity index (χ4n) is 3.52. The number of nitro groups is 1. The van der Waals surface area contributed by atoms with E-state index in [1.807, 2.05) is 23.1 Å². The number of benzene rings is 2. The van der Waals surface area contributed by atoms with Crippen molar-refractivity contribution in [2.24, 2.45) is 0 Å². The van der Waals surface area contributed by atoms with Crippen LogP contribution in [0.15, 0.2) is 47.0 Å². The zero-order valence-corrected chi connectivity index (χ0v) is 16.0. The van der Waals surface area contributed by atoms with Crippen LogP contribution in [0.4, 0.5) is 11.4 Å². The Morgan fingerprint density at radius 2 is 2.07 bits per heavy atom. The Hall–Kier alpha value is -3.44. The number of nitro benzene ring substituents is 1. The third-order valence-corrected chi connectivity index (χ3v) is 5.21. The molecule has 146 valence electrons. The highest BCUT2D eigenvalue weighted by atomic mass is 35.5. The first-order chi connectivity index (χ1) is 14.0. The smallest absolute Gasteiger partial charge is 0.293 e. The summed E-state index contributed by atoms with van der Waals surface area (Å²) >= 11 is 5.92. The first-order valence-electron chi connectivity index (χ1n) is 9.08. The molecule has 1 aliphatic heterocycles. The molecule has 0 saturated carbocycles. The maximum atomic E-state index is 11.5. The molecule has 3 aromatic rings. The molecule has 0 N–H and O–H groups in total. The van der Waals surface area contributed by atoms with Crippen LogP contribution in [0.1, 0.15) is 30.2 Å². The van der Waals surface area contributed by atoms with E-state index in [1.165, 1.54) is 6.07 Å². The van der Waals surface area contributed by atoms with Crippen molar-refractivity contribution in [3.05, 3.63) is 69.1 Å². The molecule has 0 aliphatic carbocycles. The molecule has 2 heterocycles. The Morgan fingerprint density at radius 1 is 1.28 bits per heavy atom. The molecule has 1 atom stereocenters. The Balaban J connectivity index is 1.57. The summed E-state index contributed by atoms with van der Waals surface area (Å²) in [5.74, 6) is 0.960. The highest BCUT2D eigenvalue weighted by molar-refractivity contribution is 6.30. The quantitative estimate of drug-likeness (QED) is 0.459. The summed E-state index contributed by atoms with van der Waals surface area (Å²) in [5.41, 5.74) is 1.49. The molecular formula is C20H16ClN5O3. The number of aromatic nitrogens is 2. The molecule has 4 rings (SSSR count). The summed E-state index contributed by atoms with van der Waals surface area (Å²) in [6.45, 7) is 1.20. The Morgan fingerprint density at radius 3 is 2.79 bits per heavy atom. The molecule has 1 unspecified atom stereocenters. The van der Waals surface area contributed by atoms with Gasteiger partial charge in [-0.05, 0) is 49.2 Å². The monoisotopic (exact) mass is 409 g/mol. The standard InChI is InChI=1S/C20H16ClN5O3/c21-16-6-4-14(5-7-16)19-23-20(29-24-19)15-2-1-9-25(12-15)17-8-3-13(11-22)10-18(17)26(27)28/h3-8,10,15H,1-2,9,12H2. The number of nitrogens with zero attached hydrogens (tertiary/aromatic N) is 5. The second kappa shape index (κ2) is 7.89. The fourth-order valence-corrected chi connectivity index (χ4v) is 3.65. The van der Waals surface area contributed by atoms with E-state index in [9.17, 15) is 10.1 Å². The van der Waals surface area contributed by atoms with Gasteiger partial charge in [0, 0.05) is 29.7 Å². The van der Waals surface area contributed by atoms with Crippen molar-refractivity contribution in [2.45, 2.75) is 18.8 Å². The van der Waals surface area contributed by atoms with Gasteiger partial charge in [0.05, 0.1) is 22.5 Å². The third-order valence-electron chi connectivity index (χ3n) is 4.96. The van der Waals surface area contributed by atoms with E-state index in [0.29, 0.717) is 35.5 Å². The van der Waals surface area contributed by atoms with Crippen LogP contribution in [0.25, 0.3) is 11.4 Å². The second-order valence-corrected chi connectivity index (χ2v) is 7.26. The molecule has 0 bridgehead atoms. The average Bonchev–Trinajstić information content (AvgIpc) is 3.24. The zero-order chi connectivity index (χ0) is 20.4. The average molecular weight is 410 g/mol. The molecule has 8 nitrogen and oxygen atoms in total. The van der Waals surface area contributed by atoms with Gasteiger partial charge in [-0.15, -0.1) is 0 Å². The van der Waals surface area contributed by atoms with Crippen LogP contribution in [0.3, 0.4) is 0 Å². The predicted molar refractivity (Wildman–Crippen MR) is 107 cm³/mol. The molecule has 29 heavy (non-hydrogen) atoms. The normalized spacial score (nSPS) is 16.4. The van der Waals surface area contributed by atoms with Crippen molar-refractivity contribution >= 4 is 23.0 Å². The van der Waals surface area contributed by atoms with Crippen LogP contribution >= 0.6 is 11.6 Å². The summed E-state index contributed by atoms with van der Waals surface area (Å²) in [5, 5.41) is 25.2. The summed E-state index contributed by atoms with van der Waals surface area (Å²) in [7, 11) is 0. The summed E-state index contributed by atoms with van der Waals surface area (Å²) in [6, 6.07) is 13.7. The Labute approximate surface area is 171 Å². The number of hydrogen-bond acceptors (Lipinski definition) is 7. The van der Waals surface area contributed by atoms with Crippen molar-refractivity contribution in [3.63, 3.8) is 0 Å². The van der Waals surface area contributed by atoms with Gasteiger partial charge in [0.1, 0.15) is 5.69 Å². The third kappa shape index (κ3) is 3.91. The topological polar surface area (TPSA) is 109 Å². The number of anilines is 1. The lowest BCUT2D eigenvalue weighted by atomic mass is 9.97. The molecule has 1 fully saturated rings. The van der Waals surface area contributed by atoms with Gasteiger partial charge in [-0.3, -0.25) is 10.1 Å². The molecule has 0 amide bonds. The number of halogens is 1. The molecular weight excluding hydrogens is 394 g/mol. The van der Waals surface area contributed by atoms with Crippen molar-refractivity contribution in [1.29, 1.82) is 5.26 Å². The van der Waals surface area contributed by atoms with Gasteiger partial charge in [-0.2, -0.15) is 10.2 Å². The van der Waals surface area contributed by atoms with E-state index in [4.69, 9.17) is 21.4 Å². The van der Waals surface area contributed by atoms with Gasteiger partial charge < -0.3 is 9.42 Å². The summed E-state index contributed by atoms with van der Waals surface area (Å²) in [6.07, 6.45) is 1.68. The Kier molecular flexibility index (Phi) is 5.14. The summed E-state index contributed by atoms with van der Waals surface area (Å²) < 4.78 is 5.49. The van der Waals surface area contributed by atoms with Crippen LogP contribution in [-0.4, -0.2) is 28.2 Å². The number of rotatable bonds is 4. The lowest BCUT2D eigenvalue weighted by molar-refractivity contribution is -0.384. The van der Waals surface area contributed by atoms with Crippen LogP contribution in [0.2, 0.25) is 5.02 Å². The van der Waals surface area contributed by atoms with Crippen molar-refractivity contribution in [2.75, 3.05) is 18.0 Å². The lowest BCUT2D eigenvalue weighted by Crippen LogP contribution is -2.34. The zero-order valence-electron chi connectivity index (χ0n) is 15.3. The molecule has 1 aliphatic rings. The molecule has 2 aromatic carbocycles.